The number of rotatable bonds is 3. The number of H-pyrrole nitrogens is 1. The van der Waals surface area contributed by atoms with E-state index in [1.807, 2.05) is 18.7 Å². The summed E-state index contributed by atoms with van der Waals surface area (Å²) in [6.45, 7) is 6.94. The summed E-state index contributed by atoms with van der Waals surface area (Å²) < 4.78 is 44.0. The molecule has 2 atom stereocenters. The summed E-state index contributed by atoms with van der Waals surface area (Å²) in [4.78, 5) is 24.4. The molecule has 2 aliphatic heterocycles. The fraction of sp³-hybridized carbons (Fsp3) is 0.524. The molecule has 1 fully saturated rings. The number of anilines is 1. The van der Waals surface area contributed by atoms with Crippen LogP contribution in [0.5, 0.6) is 0 Å². The van der Waals surface area contributed by atoms with Crippen molar-refractivity contribution in [2.24, 2.45) is 0 Å². The van der Waals surface area contributed by atoms with Gasteiger partial charge in [0.1, 0.15) is 0 Å². The molecule has 0 bridgehead atoms. The second-order valence-electron chi connectivity index (χ2n) is 8.13. The summed E-state index contributed by atoms with van der Waals surface area (Å²) in [5.41, 5.74) is 1.46. The minimum absolute atomic E-state index is 0.0475. The van der Waals surface area contributed by atoms with Crippen molar-refractivity contribution >= 4 is 5.95 Å². The van der Waals surface area contributed by atoms with E-state index >= 15 is 0 Å². The van der Waals surface area contributed by atoms with E-state index in [0.29, 0.717) is 50.7 Å². The van der Waals surface area contributed by atoms with Gasteiger partial charge in [0.05, 0.1) is 23.5 Å². The van der Waals surface area contributed by atoms with Gasteiger partial charge in [-0.05, 0) is 38.0 Å². The molecule has 0 spiro atoms. The number of hydrogen-bond donors (Lipinski definition) is 1. The van der Waals surface area contributed by atoms with E-state index in [2.05, 4.69) is 9.88 Å². The van der Waals surface area contributed by atoms with Crippen molar-refractivity contribution in [3.63, 3.8) is 0 Å². The number of hydrogen-bond acceptors (Lipinski definition) is 5. The topological polar surface area (TPSA) is 61.5 Å². The van der Waals surface area contributed by atoms with Crippen molar-refractivity contribution in [1.29, 1.82) is 0 Å². The largest absolute Gasteiger partial charge is 0.416 e. The molecule has 0 radical (unpaired) electrons. The van der Waals surface area contributed by atoms with Gasteiger partial charge in [-0.2, -0.15) is 13.2 Å². The first-order valence-electron chi connectivity index (χ1n) is 10.1. The van der Waals surface area contributed by atoms with Crippen LogP contribution < -0.4 is 10.5 Å². The lowest BCUT2D eigenvalue weighted by atomic mass is 10.0. The lowest BCUT2D eigenvalue weighted by Crippen LogP contribution is -2.47. The third kappa shape index (κ3) is 4.52. The van der Waals surface area contributed by atoms with E-state index in [0.717, 1.165) is 23.4 Å². The van der Waals surface area contributed by atoms with Gasteiger partial charge in [0, 0.05) is 38.3 Å². The number of halogens is 3. The summed E-state index contributed by atoms with van der Waals surface area (Å²) >= 11 is 0. The number of aromatic nitrogens is 2. The summed E-state index contributed by atoms with van der Waals surface area (Å²) in [6, 6.07) is 5.22. The van der Waals surface area contributed by atoms with E-state index in [1.165, 1.54) is 12.1 Å². The van der Waals surface area contributed by atoms with E-state index in [9.17, 15) is 18.0 Å². The quantitative estimate of drug-likeness (QED) is 0.824. The molecule has 1 N–H and O–H groups in total. The predicted molar refractivity (Wildman–Crippen MR) is 106 cm³/mol. The van der Waals surface area contributed by atoms with Crippen molar-refractivity contribution in [1.82, 2.24) is 14.9 Å². The van der Waals surface area contributed by atoms with Crippen LogP contribution in [0.3, 0.4) is 0 Å². The fourth-order valence-corrected chi connectivity index (χ4v) is 4.17. The summed E-state index contributed by atoms with van der Waals surface area (Å²) in [5, 5.41) is 0. The second-order valence-corrected chi connectivity index (χ2v) is 8.13. The minimum Gasteiger partial charge on any atom is -0.372 e. The SMILES string of the molecule is C[C@@H]1CN(c2nc3c(c(=O)[nH]2)CCN(Cc2ccc(C(F)(F)F)cc2)C3)C[C@@H](C)O1. The number of aromatic amines is 1. The molecule has 3 heterocycles. The van der Waals surface area contributed by atoms with Crippen molar-refractivity contribution < 1.29 is 17.9 Å². The fourth-order valence-electron chi connectivity index (χ4n) is 4.17. The molecule has 2 aliphatic rings. The van der Waals surface area contributed by atoms with Crippen molar-refractivity contribution in [3.05, 3.63) is 57.0 Å². The maximum Gasteiger partial charge on any atom is 0.416 e. The molecular weight excluding hydrogens is 397 g/mol. The van der Waals surface area contributed by atoms with Crippen LogP contribution >= 0.6 is 0 Å². The predicted octanol–water partition coefficient (Wildman–Crippen LogP) is 2.96. The van der Waals surface area contributed by atoms with Gasteiger partial charge in [0.2, 0.25) is 5.95 Å². The average molecular weight is 422 g/mol. The zero-order valence-corrected chi connectivity index (χ0v) is 17.0. The Bertz CT molecular complexity index is 948. The standard InChI is InChI=1S/C21H25F3N4O2/c1-13-9-28(10-14(2)30-13)20-25-18-12-27(8-7-17(18)19(29)26-20)11-15-3-5-16(6-4-15)21(22,23)24/h3-6,13-14H,7-12H2,1-2H3,(H,25,26,29)/t13-,14-/m1/s1. The smallest absolute Gasteiger partial charge is 0.372 e. The van der Waals surface area contributed by atoms with Gasteiger partial charge < -0.3 is 9.64 Å². The molecule has 0 amide bonds. The minimum atomic E-state index is -4.33. The van der Waals surface area contributed by atoms with Gasteiger partial charge in [0.15, 0.2) is 0 Å². The molecular formula is C21H25F3N4O2. The summed E-state index contributed by atoms with van der Waals surface area (Å²) in [7, 11) is 0. The van der Waals surface area contributed by atoms with Crippen LogP contribution in [0.1, 0.15) is 36.2 Å². The van der Waals surface area contributed by atoms with Gasteiger partial charge in [-0.3, -0.25) is 14.7 Å². The van der Waals surface area contributed by atoms with Crippen LogP contribution in [0.2, 0.25) is 0 Å². The summed E-state index contributed by atoms with van der Waals surface area (Å²) in [5.74, 6) is 0.553. The van der Waals surface area contributed by atoms with E-state index in [4.69, 9.17) is 9.72 Å². The van der Waals surface area contributed by atoms with E-state index in [1.54, 1.807) is 0 Å². The molecule has 9 heteroatoms. The van der Waals surface area contributed by atoms with Crippen LogP contribution in [0, 0.1) is 0 Å². The number of morpholine rings is 1. The summed E-state index contributed by atoms with van der Waals surface area (Å²) in [6.07, 6.45) is -3.68. The monoisotopic (exact) mass is 422 g/mol. The molecule has 0 aliphatic carbocycles. The highest BCUT2D eigenvalue weighted by Gasteiger charge is 2.30. The molecule has 0 unspecified atom stereocenters. The third-order valence-electron chi connectivity index (χ3n) is 5.55. The zero-order valence-electron chi connectivity index (χ0n) is 17.0. The van der Waals surface area contributed by atoms with Gasteiger partial charge >= 0.3 is 6.18 Å². The average Bonchev–Trinajstić information content (AvgIpc) is 2.66. The van der Waals surface area contributed by atoms with Gasteiger partial charge in [-0.1, -0.05) is 12.1 Å². The lowest BCUT2D eigenvalue weighted by molar-refractivity contribution is -0.137. The molecule has 6 nitrogen and oxygen atoms in total. The maximum atomic E-state index is 12.8. The van der Waals surface area contributed by atoms with Crippen LogP contribution in [0.25, 0.3) is 0 Å². The highest BCUT2D eigenvalue weighted by atomic mass is 19.4. The van der Waals surface area contributed by atoms with Crippen molar-refractivity contribution in [2.75, 3.05) is 24.5 Å². The first kappa shape index (κ1) is 20.9. The first-order valence-corrected chi connectivity index (χ1v) is 10.1. The number of nitrogens with one attached hydrogen (secondary N) is 1. The maximum absolute atomic E-state index is 12.8. The lowest BCUT2D eigenvalue weighted by Gasteiger charge is -2.36. The highest BCUT2D eigenvalue weighted by Crippen LogP contribution is 2.29. The zero-order chi connectivity index (χ0) is 21.5. The molecule has 30 heavy (non-hydrogen) atoms. The Labute approximate surface area is 172 Å². The number of alkyl halides is 3. The second kappa shape index (κ2) is 8.03. The Morgan fingerprint density at radius 1 is 1.17 bits per heavy atom. The van der Waals surface area contributed by atoms with Crippen LogP contribution in [-0.4, -0.2) is 46.7 Å². The van der Waals surface area contributed by atoms with Gasteiger partial charge in [0.25, 0.3) is 5.56 Å². The van der Waals surface area contributed by atoms with Crippen LogP contribution in [-0.2, 0) is 30.4 Å². The molecule has 162 valence electrons. The molecule has 0 saturated carbocycles. The molecule has 1 saturated heterocycles. The third-order valence-corrected chi connectivity index (χ3v) is 5.55. The Morgan fingerprint density at radius 2 is 1.83 bits per heavy atom. The Hall–Kier alpha value is -2.39. The number of ether oxygens (including phenoxy) is 1. The number of nitrogens with zero attached hydrogens (tertiary/aromatic N) is 3. The normalized spacial score (nSPS) is 22.8. The highest BCUT2D eigenvalue weighted by molar-refractivity contribution is 5.35. The first-order chi connectivity index (χ1) is 14.2. The number of fused-ring (bicyclic) bond motifs is 1. The Morgan fingerprint density at radius 3 is 2.47 bits per heavy atom. The van der Waals surface area contributed by atoms with Crippen molar-refractivity contribution in [2.45, 2.75) is 51.7 Å². The molecule has 4 rings (SSSR count). The van der Waals surface area contributed by atoms with Crippen molar-refractivity contribution in [3.8, 4) is 0 Å². The van der Waals surface area contributed by atoms with Crippen LogP contribution in [0.4, 0.5) is 19.1 Å². The molecule has 1 aromatic carbocycles. The number of benzene rings is 1. The Kier molecular flexibility index (Phi) is 5.59. The van der Waals surface area contributed by atoms with Crippen LogP contribution in [0.15, 0.2) is 29.1 Å². The van der Waals surface area contributed by atoms with E-state index in [-0.39, 0.29) is 17.8 Å². The Balaban J connectivity index is 1.50. The van der Waals surface area contributed by atoms with Gasteiger partial charge in [-0.25, -0.2) is 4.98 Å². The molecule has 1 aromatic heterocycles. The van der Waals surface area contributed by atoms with Gasteiger partial charge in [-0.15, -0.1) is 0 Å². The molecule has 2 aromatic rings. The van der Waals surface area contributed by atoms with E-state index < -0.39 is 11.7 Å².